The minimum atomic E-state index is 0.317. The van der Waals surface area contributed by atoms with Crippen LogP contribution in [0.3, 0.4) is 0 Å². The average Bonchev–Trinajstić information content (AvgIpc) is 3.24. The van der Waals surface area contributed by atoms with Gasteiger partial charge in [-0.1, -0.05) is 6.92 Å². The third kappa shape index (κ3) is 3.38. The highest BCUT2D eigenvalue weighted by Crippen LogP contribution is 2.16. The van der Waals surface area contributed by atoms with Crippen molar-refractivity contribution in [1.29, 1.82) is 5.26 Å². The van der Waals surface area contributed by atoms with Gasteiger partial charge in [-0.3, -0.25) is 0 Å². The summed E-state index contributed by atoms with van der Waals surface area (Å²) < 4.78 is 6.39. The summed E-state index contributed by atoms with van der Waals surface area (Å²) >= 11 is 0. The van der Waals surface area contributed by atoms with Crippen LogP contribution >= 0.6 is 0 Å². The van der Waals surface area contributed by atoms with E-state index in [9.17, 15) is 0 Å². The van der Waals surface area contributed by atoms with Gasteiger partial charge < -0.3 is 4.57 Å². The van der Waals surface area contributed by atoms with E-state index in [1.165, 1.54) is 0 Å². The zero-order chi connectivity index (χ0) is 17.1. The molecule has 0 fully saturated rings. The molecule has 0 aliphatic carbocycles. The topological polar surface area (TPSA) is 50.4 Å². The molecule has 3 rings (SSSR count). The number of nitriles is 1. The van der Waals surface area contributed by atoms with Gasteiger partial charge in [0.2, 0.25) is 6.33 Å². The van der Waals surface area contributed by atoms with Crippen LogP contribution in [0.1, 0.15) is 44.0 Å². The monoisotopic (exact) mass is 320 g/mol. The van der Waals surface area contributed by atoms with Crippen molar-refractivity contribution in [3.05, 3.63) is 66.8 Å². The molecule has 0 saturated heterocycles. The lowest BCUT2D eigenvalue weighted by atomic mass is 10.1. The minimum Gasteiger partial charge on any atom is -0.306 e. The quantitative estimate of drug-likeness (QED) is 0.678. The van der Waals surface area contributed by atoms with Crippen LogP contribution in [0.5, 0.6) is 0 Å². The first-order valence-electron chi connectivity index (χ1n) is 8.17. The lowest BCUT2D eigenvalue weighted by molar-refractivity contribution is -0.698. The Labute approximate surface area is 142 Å². The van der Waals surface area contributed by atoms with Gasteiger partial charge in [0.15, 0.2) is 0 Å². The van der Waals surface area contributed by atoms with Crippen LogP contribution in [-0.4, -0.2) is 14.1 Å². The summed E-state index contributed by atoms with van der Waals surface area (Å²) in [7, 11) is 0. The molecule has 3 aromatic rings. The Morgan fingerprint density at radius 2 is 1.96 bits per heavy atom. The molecule has 24 heavy (non-hydrogen) atoms. The normalized spacial score (nSPS) is 12.3. The molecule has 0 N–H and O–H groups in total. The van der Waals surface area contributed by atoms with E-state index >= 15 is 0 Å². The molecule has 0 spiro atoms. The van der Waals surface area contributed by atoms with E-state index in [1.807, 2.05) is 35.2 Å². The Hall–Kier alpha value is -2.87. The van der Waals surface area contributed by atoms with Gasteiger partial charge in [0.25, 0.3) is 0 Å². The van der Waals surface area contributed by atoms with E-state index in [-0.39, 0.29) is 0 Å². The van der Waals surface area contributed by atoms with Crippen molar-refractivity contribution in [2.45, 2.75) is 39.3 Å². The van der Waals surface area contributed by atoms with E-state index < -0.39 is 0 Å². The van der Waals surface area contributed by atoms with Crippen molar-refractivity contribution >= 4 is 0 Å². The molecular formula is C19H22N5+. The van der Waals surface area contributed by atoms with E-state index in [0.29, 0.717) is 17.5 Å². The smallest absolute Gasteiger partial charge is 0.243 e. The molecule has 0 amide bonds. The summed E-state index contributed by atoms with van der Waals surface area (Å²) in [5.74, 6) is 0.317. The van der Waals surface area contributed by atoms with Crippen LogP contribution in [0.2, 0.25) is 0 Å². The van der Waals surface area contributed by atoms with Gasteiger partial charge in [0, 0.05) is 17.8 Å². The molecule has 5 heteroatoms. The van der Waals surface area contributed by atoms with Gasteiger partial charge >= 0.3 is 0 Å². The van der Waals surface area contributed by atoms with E-state index in [2.05, 4.69) is 65.9 Å². The second-order valence-corrected chi connectivity index (χ2v) is 6.42. The van der Waals surface area contributed by atoms with Crippen LogP contribution < -0.4 is 4.57 Å². The third-order valence-corrected chi connectivity index (χ3v) is 4.19. The molecule has 0 bridgehead atoms. The number of imidazole rings is 2. The highest BCUT2D eigenvalue weighted by Gasteiger charge is 2.15. The van der Waals surface area contributed by atoms with Crippen LogP contribution in [0, 0.1) is 11.3 Å². The zero-order valence-electron chi connectivity index (χ0n) is 14.3. The summed E-state index contributed by atoms with van der Waals surface area (Å²) in [5, 5.41) is 8.88. The Balaban J connectivity index is 1.72. The predicted molar refractivity (Wildman–Crippen MR) is 91.7 cm³/mol. The van der Waals surface area contributed by atoms with E-state index in [0.717, 1.165) is 17.9 Å². The summed E-state index contributed by atoms with van der Waals surface area (Å²) in [4.78, 5) is 4.55. The van der Waals surface area contributed by atoms with E-state index in [4.69, 9.17) is 5.26 Å². The maximum absolute atomic E-state index is 8.88. The first-order chi connectivity index (χ1) is 11.6. The molecule has 0 aliphatic heterocycles. The van der Waals surface area contributed by atoms with Gasteiger partial charge in [-0.25, -0.2) is 14.1 Å². The third-order valence-electron chi connectivity index (χ3n) is 4.19. The van der Waals surface area contributed by atoms with Gasteiger partial charge in [0.05, 0.1) is 36.2 Å². The molecule has 1 unspecified atom stereocenters. The number of benzene rings is 1. The lowest BCUT2D eigenvalue weighted by Crippen LogP contribution is -2.34. The first kappa shape index (κ1) is 16.0. The van der Waals surface area contributed by atoms with Gasteiger partial charge in [-0.2, -0.15) is 5.26 Å². The molecule has 0 aliphatic rings. The Kier molecular flexibility index (Phi) is 4.48. The van der Waals surface area contributed by atoms with Crippen molar-refractivity contribution in [3.8, 4) is 11.8 Å². The molecule has 2 heterocycles. The van der Waals surface area contributed by atoms with Crippen LogP contribution in [0.25, 0.3) is 5.69 Å². The zero-order valence-corrected chi connectivity index (χ0v) is 14.3. The van der Waals surface area contributed by atoms with Crippen molar-refractivity contribution in [2.75, 3.05) is 0 Å². The number of hydrogen-bond acceptors (Lipinski definition) is 2. The first-order valence-corrected chi connectivity index (χ1v) is 8.17. The fraction of sp³-hybridized carbons (Fsp3) is 0.316. The Morgan fingerprint density at radius 1 is 1.21 bits per heavy atom. The molecule has 2 aromatic heterocycles. The summed E-state index contributed by atoms with van der Waals surface area (Å²) in [6, 6.07) is 10.1. The van der Waals surface area contributed by atoms with Crippen LogP contribution in [0.15, 0.2) is 55.5 Å². The molecular weight excluding hydrogens is 298 g/mol. The number of aromatic nitrogens is 4. The van der Waals surface area contributed by atoms with Crippen molar-refractivity contribution in [2.24, 2.45) is 0 Å². The number of hydrogen-bond donors (Lipinski definition) is 0. The predicted octanol–water partition coefficient (Wildman–Crippen LogP) is 3.22. The van der Waals surface area contributed by atoms with Crippen molar-refractivity contribution in [1.82, 2.24) is 14.1 Å². The highest BCUT2D eigenvalue weighted by atomic mass is 15.1. The molecule has 1 aromatic carbocycles. The second kappa shape index (κ2) is 6.71. The van der Waals surface area contributed by atoms with Crippen LogP contribution in [0.4, 0.5) is 0 Å². The van der Waals surface area contributed by atoms with Gasteiger partial charge in [-0.15, -0.1) is 0 Å². The largest absolute Gasteiger partial charge is 0.306 e. The fourth-order valence-corrected chi connectivity index (χ4v) is 2.68. The minimum absolute atomic E-state index is 0.317. The maximum Gasteiger partial charge on any atom is 0.243 e. The average molecular weight is 320 g/mol. The standard InChI is InChI=1S/C19H22N5/c1-15(2)23-9-8-22(14-23)11-16(3)19-12-24(13-21-19)18-6-4-17(10-20)5-7-18/h4-9,12-16H,11H2,1-3H3/q+1. The molecule has 122 valence electrons. The number of nitrogens with zero attached hydrogens (tertiary/aromatic N) is 5. The Morgan fingerprint density at radius 3 is 2.58 bits per heavy atom. The van der Waals surface area contributed by atoms with Gasteiger partial charge in [0.1, 0.15) is 12.4 Å². The number of rotatable bonds is 5. The Bertz CT molecular complexity index is 849. The highest BCUT2D eigenvalue weighted by molar-refractivity contribution is 5.39. The summed E-state index contributed by atoms with van der Waals surface area (Å²) in [5.41, 5.74) is 2.74. The fourth-order valence-electron chi connectivity index (χ4n) is 2.68. The maximum atomic E-state index is 8.88. The van der Waals surface area contributed by atoms with Gasteiger partial charge in [-0.05, 0) is 38.1 Å². The summed E-state index contributed by atoms with van der Waals surface area (Å²) in [6.07, 6.45) is 10.2. The molecule has 1 atom stereocenters. The molecule has 0 radical (unpaired) electrons. The van der Waals surface area contributed by atoms with E-state index in [1.54, 1.807) is 0 Å². The molecule has 0 saturated carbocycles. The lowest BCUT2D eigenvalue weighted by Gasteiger charge is -2.06. The van der Waals surface area contributed by atoms with Crippen LogP contribution in [-0.2, 0) is 6.54 Å². The summed E-state index contributed by atoms with van der Waals surface area (Å²) in [6.45, 7) is 7.43. The van der Waals surface area contributed by atoms with Crippen molar-refractivity contribution in [3.63, 3.8) is 0 Å². The molecule has 5 nitrogen and oxygen atoms in total. The van der Waals surface area contributed by atoms with Crippen molar-refractivity contribution < 1.29 is 4.57 Å². The SMILES string of the molecule is CC(C[n+]1ccn(C(C)C)c1)c1cn(-c2ccc(C#N)cc2)cn1. The second-order valence-electron chi connectivity index (χ2n) is 6.42.